The van der Waals surface area contributed by atoms with E-state index in [9.17, 15) is 19.7 Å². The summed E-state index contributed by atoms with van der Waals surface area (Å²) in [7, 11) is 0. The Balaban J connectivity index is 2.02. The van der Waals surface area contributed by atoms with Crippen molar-refractivity contribution in [3.05, 3.63) is 63.2 Å². The summed E-state index contributed by atoms with van der Waals surface area (Å²) in [4.78, 5) is 33.5. The number of carbonyl (C=O) groups is 2. The van der Waals surface area contributed by atoms with Crippen LogP contribution in [0.2, 0.25) is 5.02 Å². The minimum atomic E-state index is -0.582. The number of benzene rings is 2. The van der Waals surface area contributed by atoms with Crippen molar-refractivity contribution in [1.82, 2.24) is 0 Å². The van der Waals surface area contributed by atoms with Crippen molar-refractivity contribution in [3.63, 3.8) is 0 Å². The SMILES string of the molecule is CC(=O)c1ccccc1NC(=O)COc1ccc([N+](=O)[O-])cc1Cl. The first-order valence-electron chi connectivity index (χ1n) is 6.85. The molecule has 0 radical (unpaired) electrons. The maximum absolute atomic E-state index is 11.9. The van der Waals surface area contributed by atoms with Gasteiger partial charge in [-0.3, -0.25) is 19.7 Å². The zero-order valence-corrected chi connectivity index (χ0v) is 13.4. The topological polar surface area (TPSA) is 98.5 Å². The number of halogens is 1. The fourth-order valence-corrected chi connectivity index (χ4v) is 2.18. The van der Waals surface area contributed by atoms with Crippen LogP contribution in [0, 0.1) is 10.1 Å². The highest BCUT2D eigenvalue weighted by Gasteiger charge is 2.13. The normalized spacial score (nSPS) is 10.1. The molecule has 0 saturated carbocycles. The van der Waals surface area contributed by atoms with Crippen LogP contribution in [-0.2, 0) is 4.79 Å². The van der Waals surface area contributed by atoms with Crippen molar-refractivity contribution in [2.24, 2.45) is 0 Å². The Morgan fingerprint density at radius 1 is 1.25 bits per heavy atom. The number of nitrogens with zero attached hydrogens (tertiary/aromatic N) is 1. The third-order valence-corrected chi connectivity index (χ3v) is 3.36. The quantitative estimate of drug-likeness (QED) is 0.489. The van der Waals surface area contributed by atoms with Gasteiger partial charge in [0.25, 0.3) is 11.6 Å². The van der Waals surface area contributed by atoms with Gasteiger partial charge in [-0.25, -0.2) is 0 Å². The van der Waals surface area contributed by atoms with Gasteiger partial charge in [-0.15, -0.1) is 0 Å². The van der Waals surface area contributed by atoms with Crippen molar-refractivity contribution in [3.8, 4) is 5.75 Å². The fourth-order valence-electron chi connectivity index (χ4n) is 1.95. The molecule has 0 spiro atoms. The maximum atomic E-state index is 11.9. The van der Waals surface area contributed by atoms with Gasteiger partial charge in [-0.05, 0) is 25.1 Å². The molecule has 0 aliphatic heterocycles. The molecule has 0 atom stereocenters. The minimum absolute atomic E-state index is 0.0288. The lowest BCUT2D eigenvalue weighted by Crippen LogP contribution is -2.21. The molecule has 0 fully saturated rings. The number of anilines is 1. The Kier molecular flexibility index (Phi) is 5.49. The molecule has 7 nitrogen and oxygen atoms in total. The summed E-state index contributed by atoms with van der Waals surface area (Å²) in [5.74, 6) is -0.513. The summed E-state index contributed by atoms with van der Waals surface area (Å²) < 4.78 is 5.25. The number of hydrogen-bond donors (Lipinski definition) is 1. The second-order valence-corrected chi connectivity index (χ2v) is 5.22. The number of Topliss-reactive ketones (excluding diaryl/α,β-unsaturated/α-hetero) is 1. The van der Waals surface area contributed by atoms with E-state index in [1.165, 1.54) is 19.1 Å². The summed E-state index contributed by atoms with van der Waals surface area (Å²) in [5.41, 5.74) is 0.597. The Bertz CT molecular complexity index is 807. The lowest BCUT2D eigenvalue weighted by Gasteiger charge is -2.10. The van der Waals surface area contributed by atoms with E-state index in [1.54, 1.807) is 24.3 Å². The second kappa shape index (κ2) is 7.56. The zero-order valence-electron chi connectivity index (χ0n) is 12.6. The smallest absolute Gasteiger partial charge is 0.271 e. The minimum Gasteiger partial charge on any atom is -0.482 e. The van der Waals surface area contributed by atoms with Gasteiger partial charge in [0.2, 0.25) is 0 Å². The summed E-state index contributed by atoms with van der Waals surface area (Å²) in [5, 5.41) is 13.2. The number of ketones is 1. The van der Waals surface area contributed by atoms with Gasteiger partial charge < -0.3 is 10.1 Å². The van der Waals surface area contributed by atoms with Gasteiger partial charge >= 0.3 is 0 Å². The lowest BCUT2D eigenvalue weighted by atomic mass is 10.1. The van der Waals surface area contributed by atoms with E-state index in [1.807, 2.05) is 0 Å². The number of non-ortho nitro benzene ring substituents is 1. The maximum Gasteiger partial charge on any atom is 0.271 e. The van der Waals surface area contributed by atoms with E-state index >= 15 is 0 Å². The number of para-hydroxylation sites is 1. The van der Waals surface area contributed by atoms with Crippen LogP contribution in [0.3, 0.4) is 0 Å². The Labute approximate surface area is 142 Å². The van der Waals surface area contributed by atoms with E-state index < -0.39 is 10.8 Å². The van der Waals surface area contributed by atoms with Crippen LogP contribution in [0.25, 0.3) is 0 Å². The van der Waals surface area contributed by atoms with Crippen molar-refractivity contribution < 1.29 is 19.2 Å². The van der Waals surface area contributed by atoms with Crippen molar-refractivity contribution in [1.29, 1.82) is 0 Å². The summed E-state index contributed by atoms with van der Waals surface area (Å²) in [6.07, 6.45) is 0. The number of rotatable bonds is 6. The van der Waals surface area contributed by atoms with Crippen LogP contribution in [0.15, 0.2) is 42.5 Å². The van der Waals surface area contributed by atoms with E-state index in [-0.39, 0.29) is 28.8 Å². The van der Waals surface area contributed by atoms with Gasteiger partial charge in [0.1, 0.15) is 5.75 Å². The monoisotopic (exact) mass is 348 g/mol. The number of nitro groups is 1. The first-order valence-corrected chi connectivity index (χ1v) is 7.23. The van der Waals surface area contributed by atoms with E-state index in [0.29, 0.717) is 11.3 Å². The fraction of sp³-hybridized carbons (Fsp3) is 0.125. The number of amides is 1. The summed E-state index contributed by atoms with van der Waals surface area (Å²) in [6.45, 7) is 1.04. The van der Waals surface area contributed by atoms with Crippen molar-refractivity contribution in [2.75, 3.05) is 11.9 Å². The number of ether oxygens (including phenoxy) is 1. The zero-order chi connectivity index (χ0) is 17.7. The van der Waals surface area contributed by atoms with Crippen LogP contribution in [0.4, 0.5) is 11.4 Å². The molecule has 8 heteroatoms. The highest BCUT2D eigenvalue weighted by Crippen LogP contribution is 2.28. The molecule has 2 aromatic rings. The molecular formula is C16H13ClN2O5. The molecule has 0 bridgehead atoms. The van der Waals surface area contributed by atoms with Crippen LogP contribution in [0.5, 0.6) is 5.75 Å². The Morgan fingerprint density at radius 3 is 2.58 bits per heavy atom. The standard InChI is InChI=1S/C16H13ClN2O5/c1-10(20)12-4-2-3-5-14(12)18-16(21)9-24-15-7-6-11(19(22)23)8-13(15)17/h2-8H,9H2,1H3,(H,18,21). The Hall–Kier alpha value is -2.93. The number of carbonyl (C=O) groups excluding carboxylic acids is 2. The molecule has 0 saturated heterocycles. The van der Waals surface area contributed by atoms with Crippen molar-refractivity contribution >= 4 is 34.7 Å². The summed E-state index contributed by atoms with van der Waals surface area (Å²) in [6, 6.07) is 10.3. The van der Waals surface area contributed by atoms with Gasteiger partial charge in [0.15, 0.2) is 12.4 Å². The molecular weight excluding hydrogens is 336 g/mol. The lowest BCUT2D eigenvalue weighted by molar-refractivity contribution is -0.384. The van der Waals surface area contributed by atoms with E-state index in [4.69, 9.17) is 16.3 Å². The van der Waals surface area contributed by atoms with Crippen molar-refractivity contribution in [2.45, 2.75) is 6.92 Å². The molecule has 0 aliphatic carbocycles. The summed E-state index contributed by atoms with van der Waals surface area (Å²) >= 11 is 5.88. The molecule has 0 unspecified atom stereocenters. The van der Waals surface area contributed by atoms with E-state index in [2.05, 4.69) is 5.32 Å². The molecule has 1 N–H and O–H groups in total. The largest absolute Gasteiger partial charge is 0.482 e. The average molecular weight is 349 g/mol. The predicted octanol–water partition coefficient (Wildman–Crippen LogP) is 3.47. The predicted molar refractivity (Wildman–Crippen MR) is 88.7 cm³/mol. The molecule has 0 aromatic heterocycles. The molecule has 2 rings (SSSR count). The molecule has 0 heterocycles. The number of nitro benzene ring substituents is 1. The highest BCUT2D eigenvalue weighted by atomic mass is 35.5. The van der Waals surface area contributed by atoms with Gasteiger partial charge in [0, 0.05) is 17.7 Å². The second-order valence-electron chi connectivity index (χ2n) is 4.81. The molecule has 124 valence electrons. The molecule has 1 amide bonds. The highest BCUT2D eigenvalue weighted by molar-refractivity contribution is 6.32. The van der Waals surface area contributed by atoms with Crippen LogP contribution >= 0.6 is 11.6 Å². The molecule has 2 aromatic carbocycles. The molecule has 24 heavy (non-hydrogen) atoms. The first-order chi connectivity index (χ1) is 11.4. The first kappa shape index (κ1) is 17.4. The van der Waals surface area contributed by atoms with Crippen LogP contribution in [-0.4, -0.2) is 23.2 Å². The van der Waals surface area contributed by atoms with Gasteiger partial charge in [0.05, 0.1) is 15.6 Å². The number of hydrogen-bond acceptors (Lipinski definition) is 5. The van der Waals surface area contributed by atoms with Gasteiger partial charge in [-0.1, -0.05) is 23.7 Å². The third-order valence-electron chi connectivity index (χ3n) is 3.07. The Morgan fingerprint density at radius 2 is 1.96 bits per heavy atom. The van der Waals surface area contributed by atoms with Crippen LogP contribution in [0.1, 0.15) is 17.3 Å². The molecule has 0 aliphatic rings. The van der Waals surface area contributed by atoms with E-state index in [0.717, 1.165) is 6.07 Å². The van der Waals surface area contributed by atoms with Crippen LogP contribution < -0.4 is 10.1 Å². The third kappa shape index (κ3) is 4.30. The average Bonchev–Trinajstić information content (AvgIpc) is 2.53. The number of nitrogens with one attached hydrogen (secondary N) is 1. The van der Waals surface area contributed by atoms with Gasteiger partial charge in [-0.2, -0.15) is 0 Å².